The van der Waals surface area contributed by atoms with Crippen LogP contribution in [0.3, 0.4) is 0 Å². The van der Waals surface area contributed by atoms with Crippen LogP contribution >= 0.6 is 0 Å². The monoisotopic (exact) mass is 292 g/mol. The van der Waals surface area contributed by atoms with Gasteiger partial charge in [0.05, 0.1) is 5.69 Å². The van der Waals surface area contributed by atoms with Gasteiger partial charge < -0.3 is 10.6 Å². The van der Waals surface area contributed by atoms with Crippen molar-refractivity contribution in [2.75, 3.05) is 29.5 Å². The lowest BCUT2D eigenvalue weighted by Crippen LogP contribution is -2.16. The number of nitrogens with zero attached hydrogens (tertiary/aromatic N) is 2. The van der Waals surface area contributed by atoms with Crippen molar-refractivity contribution in [1.82, 2.24) is 4.98 Å². The van der Waals surface area contributed by atoms with Crippen LogP contribution in [0.2, 0.25) is 0 Å². The van der Waals surface area contributed by atoms with Crippen LogP contribution in [0, 0.1) is 0 Å². The Morgan fingerprint density at radius 3 is 2.60 bits per heavy atom. The van der Waals surface area contributed by atoms with Crippen LogP contribution in [0.1, 0.15) is 0 Å². The van der Waals surface area contributed by atoms with Gasteiger partial charge in [-0.3, -0.25) is 4.72 Å². The smallest absolute Gasteiger partial charge is 0.265 e. The molecule has 1 aromatic carbocycles. The molecule has 0 aliphatic rings. The molecule has 3 N–H and O–H groups in total. The van der Waals surface area contributed by atoms with E-state index in [2.05, 4.69) is 9.71 Å². The minimum atomic E-state index is -3.74. The van der Waals surface area contributed by atoms with Crippen molar-refractivity contribution < 1.29 is 8.42 Å². The Morgan fingerprint density at radius 1 is 1.20 bits per heavy atom. The molecule has 1 aromatic heterocycles. The van der Waals surface area contributed by atoms with E-state index < -0.39 is 10.0 Å². The van der Waals surface area contributed by atoms with E-state index in [-0.39, 0.29) is 10.7 Å². The molecule has 2 rings (SSSR count). The number of aromatic nitrogens is 1. The van der Waals surface area contributed by atoms with Crippen LogP contribution in [-0.4, -0.2) is 27.5 Å². The highest BCUT2D eigenvalue weighted by Crippen LogP contribution is 2.22. The average Bonchev–Trinajstić information content (AvgIpc) is 2.38. The maximum absolute atomic E-state index is 12.3. The van der Waals surface area contributed by atoms with Gasteiger partial charge in [-0.2, -0.15) is 0 Å². The summed E-state index contributed by atoms with van der Waals surface area (Å²) in [7, 11) is 0.0208. The zero-order valence-electron chi connectivity index (χ0n) is 11.2. The van der Waals surface area contributed by atoms with Crippen molar-refractivity contribution in [1.29, 1.82) is 0 Å². The van der Waals surface area contributed by atoms with E-state index >= 15 is 0 Å². The summed E-state index contributed by atoms with van der Waals surface area (Å²) in [5.74, 6) is -0.0243. The second-order valence-electron chi connectivity index (χ2n) is 4.44. The predicted molar refractivity (Wildman–Crippen MR) is 80.2 cm³/mol. The van der Waals surface area contributed by atoms with E-state index in [1.165, 1.54) is 18.3 Å². The lowest BCUT2D eigenvalue weighted by molar-refractivity contribution is 0.601. The quantitative estimate of drug-likeness (QED) is 0.892. The van der Waals surface area contributed by atoms with Gasteiger partial charge in [0, 0.05) is 26.0 Å². The molecule has 0 amide bonds. The molecule has 0 unspecified atom stereocenters. The maximum Gasteiger partial charge on any atom is 0.265 e. The molecule has 0 aliphatic heterocycles. The number of benzene rings is 1. The second kappa shape index (κ2) is 5.38. The van der Waals surface area contributed by atoms with Crippen LogP contribution in [0.25, 0.3) is 0 Å². The summed E-state index contributed by atoms with van der Waals surface area (Å²) in [6, 6.07) is 10.0. The third kappa shape index (κ3) is 3.00. The lowest BCUT2D eigenvalue weighted by Gasteiger charge is -2.14. The first kappa shape index (κ1) is 14.1. The minimum absolute atomic E-state index is 0.0243. The number of nitrogens with two attached hydrogens (primary N) is 1. The highest BCUT2D eigenvalue weighted by Gasteiger charge is 2.18. The highest BCUT2D eigenvalue weighted by molar-refractivity contribution is 7.92. The molecule has 0 fully saturated rings. The van der Waals surface area contributed by atoms with E-state index in [0.29, 0.717) is 5.69 Å². The van der Waals surface area contributed by atoms with Gasteiger partial charge in [-0.15, -0.1) is 0 Å². The van der Waals surface area contributed by atoms with E-state index in [1.54, 1.807) is 18.2 Å². The Balaban J connectivity index is 2.34. The molecule has 1 heterocycles. The van der Waals surface area contributed by atoms with Crippen molar-refractivity contribution in [3.63, 3.8) is 0 Å². The van der Waals surface area contributed by atoms with Crippen molar-refractivity contribution >= 4 is 27.2 Å². The number of nitrogen functional groups attached to an aromatic ring is 1. The van der Waals surface area contributed by atoms with Gasteiger partial charge in [0.1, 0.15) is 10.7 Å². The molecule has 0 radical (unpaired) electrons. The van der Waals surface area contributed by atoms with Crippen LogP contribution in [0.15, 0.2) is 47.5 Å². The molecular formula is C13H16N4O2S. The molecule has 106 valence electrons. The normalized spacial score (nSPS) is 11.1. The third-order valence-electron chi connectivity index (χ3n) is 2.70. The molecular weight excluding hydrogens is 276 g/mol. The Kier molecular flexibility index (Phi) is 3.80. The van der Waals surface area contributed by atoms with Crippen LogP contribution in [-0.2, 0) is 10.0 Å². The summed E-state index contributed by atoms with van der Waals surface area (Å²) in [6.45, 7) is 0. The first-order chi connectivity index (χ1) is 9.40. The van der Waals surface area contributed by atoms with Crippen molar-refractivity contribution in [2.24, 2.45) is 0 Å². The van der Waals surface area contributed by atoms with E-state index in [4.69, 9.17) is 5.73 Å². The van der Waals surface area contributed by atoms with Gasteiger partial charge in [0.2, 0.25) is 0 Å². The van der Waals surface area contributed by atoms with E-state index in [9.17, 15) is 8.42 Å². The number of hydrogen-bond acceptors (Lipinski definition) is 5. The topological polar surface area (TPSA) is 88.3 Å². The number of sulfonamides is 1. The Hall–Kier alpha value is -2.28. The van der Waals surface area contributed by atoms with Gasteiger partial charge in [-0.25, -0.2) is 13.4 Å². The molecule has 0 atom stereocenters. The second-order valence-corrected chi connectivity index (χ2v) is 6.09. The van der Waals surface area contributed by atoms with Gasteiger partial charge in [-0.05, 0) is 30.3 Å². The lowest BCUT2D eigenvalue weighted by atomic mass is 10.3. The van der Waals surface area contributed by atoms with Crippen LogP contribution in [0.4, 0.5) is 17.2 Å². The Morgan fingerprint density at radius 2 is 1.95 bits per heavy atom. The zero-order chi connectivity index (χ0) is 14.8. The predicted octanol–water partition coefficient (Wildman–Crippen LogP) is 1.53. The molecule has 0 aliphatic carbocycles. The summed E-state index contributed by atoms with van der Waals surface area (Å²) in [5.41, 5.74) is 6.96. The summed E-state index contributed by atoms with van der Waals surface area (Å²) >= 11 is 0. The zero-order valence-corrected chi connectivity index (χ0v) is 12.1. The molecule has 20 heavy (non-hydrogen) atoms. The molecule has 0 spiro atoms. The summed E-state index contributed by atoms with van der Waals surface area (Å²) in [5, 5.41) is 0. The van der Waals surface area contributed by atoms with Crippen LogP contribution in [0.5, 0.6) is 0 Å². The number of nitrogens with one attached hydrogen (secondary N) is 1. The fourth-order valence-electron chi connectivity index (χ4n) is 1.69. The Bertz CT molecular complexity index is 714. The summed E-state index contributed by atoms with van der Waals surface area (Å²) < 4.78 is 27.0. The standard InChI is InChI=1S/C13H16N4O2S/c1-17(2)11-6-3-5-10(9-11)16-20(18,19)12-7-4-8-15-13(12)14/h3-9,16H,1-2H3,(H2,14,15). The number of rotatable bonds is 4. The Labute approximate surface area is 118 Å². The van der Waals surface area contributed by atoms with Crippen LogP contribution < -0.4 is 15.4 Å². The fraction of sp³-hybridized carbons (Fsp3) is 0.154. The van der Waals surface area contributed by atoms with E-state index in [1.807, 2.05) is 25.1 Å². The molecule has 0 saturated carbocycles. The number of pyridine rings is 1. The SMILES string of the molecule is CN(C)c1cccc(NS(=O)(=O)c2cccnc2N)c1. The third-order valence-corrected chi connectivity index (χ3v) is 4.13. The molecule has 2 aromatic rings. The maximum atomic E-state index is 12.3. The summed E-state index contributed by atoms with van der Waals surface area (Å²) in [6.07, 6.45) is 1.45. The molecule has 0 saturated heterocycles. The summed E-state index contributed by atoms with van der Waals surface area (Å²) in [4.78, 5) is 5.64. The number of hydrogen-bond donors (Lipinski definition) is 2. The molecule has 7 heteroatoms. The molecule has 6 nitrogen and oxygen atoms in total. The largest absolute Gasteiger partial charge is 0.383 e. The minimum Gasteiger partial charge on any atom is -0.383 e. The highest BCUT2D eigenvalue weighted by atomic mass is 32.2. The first-order valence-electron chi connectivity index (χ1n) is 5.91. The van der Waals surface area contributed by atoms with Crippen molar-refractivity contribution in [3.8, 4) is 0 Å². The molecule has 0 bridgehead atoms. The van der Waals surface area contributed by atoms with Crippen molar-refractivity contribution in [3.05, 3.63) is 42.6 Å². The first-order valence-corrected chi connectivity index (χ1v) is 7.39. The van der Waals surface area contributed by atoms with E-state index in [0.717, 1.165) is 5.69 Å². The van der Waals surface area contributed by atoms with Gasteiger partial charge in [-0.1, -0.05) is 6.07 Å². The van der Waals surface area contributed by atoms with Gasteiger partial charge in [0.15, 0.2) is 0 Å². The fourth-order valence-corrected chi connectivity index (χ4v) is 2.82. The number of anilines is 3. The van der Waals surface area contributed by atoms with Crippen molar-refractivity contribution in [2.45, 2.75) is 4.90 Å². The van der Waals surface area contributed by atoms with Gasteiger partial charge in [0.25, 0.3) is 10.0 Å². The van der Waals surface area contributed by atoms with Gasteiger partial charge >= 0.3 is 0 Å². The average molecular weight is 292 g/mol.